The summed E-state index contributed by atoms with van der Waals surface area (Å²) in [5.74, 6) is 1.00. The van der Waals surface area contributed by atoms with Crippen LogP contribution in [0.15, 0.2) is 0 Å². The fraction of sp³-hybridized carbons (Fsp3) is 1.00. The summed E-state index contributed by atoms with van der Waals surface area (Å²) < 4.78 is 0. The van der Waals surface area contributed by atoms with E-state index in [0.717, 1.165) is 5.92 Å². The fourth-order valence-electron chi connectivity index (χ4n) is 1.53. The molecular weight excluding hydrogens is 134 g/mol. The van der Waals surface area contributed by atoms with Crippen LogP contribution in [0.4, 0.5) is 0 Å². The zero-order chi connectivity index (χ0) is 8.69. The van der Waals surface area contributed by atoms with E-state index in [2.05, 4.69) is 18.7 Å². The van der Waals surface area contributed by atoms with Gasteiger partial charge in [-0.15, -0.1) is 0 Å². The molecule has 0 saturated carbocycles. The van der Waals surface area contributed by atoms with Crippen LogP contribution in [0.3, 0.4) is 0 Å². The third-order valence-electron chi connectivity index (χ3n) is 2.39. The quantitative estimate of drug-likeness (QED) is 0.598. The van der Waals surface area contributed by atoms with Gasteiger partial charge in [-0.25, -0.2) is 0 Å². The van der Waals surface area contributed by atoms with Crippen LogP contribution in [0, 0.1) is 5.92 Å². The Bertz CT molecular complexity index is 75.9. The molecule has 1 heterocycles. The van der Waals surface area contributed by atoms with Crippen molar-refractivity contribution in [2.45, 2.75) is 40.5 Å². The Morgan fingerprint density at radius 2 is 2.00 bits per heavy atom. The highest BCUT2D eigenvalue weighted by Crippen LogP contribution is 2.17. The fourth-order valence-corrected chi connectivity index (χ4v) is 1.53. The van der Waals surface area contributed by atoms with Crippen molar-refractivity contribution in [1.29, 1.82) is 0 Å². The zero-order valence-electron chi connectivity index (χ0n) is 8.56. The van der Waals surface area contributed by atoms with E-state index >= 15 is 0 Å². The molecule has 0 aromatic heterocycles. The topological polar surface area (TPSA) is 3.24 Å². The van der Waals surface area contributed by atoms with Gasteiger partial charge in [0.25, 0.3) is 0 Å². The van der Waals surface area contributed by atoms with Crippen LogP contribution in [-0.4, -0.2) is 24.5 Å². The second-order valence-electron chi connectivity index (χ2n) is 2.96. The van der Waals surface area contributed by atoms with Gasteiger partial charge in [-0.05, 0) is 25.4 Å². The monoisotopic (exact) mass is 159 g/mol. The lowest BCUT2D eigenvalue weighted by atomic mass is 10.1. The van der Waals surface area contributed by atoms with E-state index in [1.807, 2.05) is 13.8 Å². The van der Waals surface area contributed by atoms with Crippen LogP contribution < -0.4 is 0 Å². The van der Waals surface area contributed by atoms with Crippen molar-refractivity contribution >= 4 is 0 Å². The van der Waals surface area contributed by atoms with Crippen LogP contribution in [0.2, 0.25) is 0 Å². The van der Waals surface area contributed by atoms with Crippen LogP contribution in [0.5, 0.6) is 0 Å². The van der Waals surface area contributed by atoms with Crippen molar-refractivity contribution in [3.8, 4) is 0 Å². The molecule has 1 nitrogen and oxygen atoms in total. The van der Waals surface area contributed by atoms with E-state index in [9.17, 15) is 0 Å². The Hall–Kier alpha value is -0.0400. The lowest BCUT2D eigenvalue weighted by Gasteiger charge is -2.11. The molecule has 0 radical (unpaired) electrons. The minimum atomic E-state index is 0. The maximum Gasteiger partial charge on any atom is 0.000992 e. The van der Waals surface area contributed by atoms with Gasteiger partial charge in [0.05, 0.1) is 0 Å². The minimum absolute atomic E-state index is 0. The van der Waals surface area contributed by atoms with Crippen molar-refractivity contribution < 1.29 is 1.43 Å². The Balaban J connectivity index is 0. The second-order valence-corrected chi connectivity index (χ2v) is 2.96. The van der Waals surface area contributed by atoms with Gasteiger partial charge in [0.1, 0.15) is 0 Å². The molecule has 1 rings (SSSR count). The van der Waals surface area contributed by atoms with Crippen molar-refractivity contribution in [1.82, 2.24) is 4.90 Å². The van der Waals surface area contributed by atoms with Gasteiger partial charge in [-0.3, -0.25) is 0 Å². The molecule has 0 aromatic rings. The van der Waals surface area contributed by atoms with Crippen LogP contribution >= 0.6 is 0 Å². The largest absolute Gasteiger partial charge is 0.303 e. The van der Waals surface area contributed by atoms with Gasteiger partial charge in [-0.1, -0.05) is 34.1 Å². The lowest BCUT2D eigenvalue weighted by molar-refractivity contribution is 0.340. The normalized spacial score (nSPS) is 24.5. The van der Waals surface area contributed by atoms with Gasteiger partial charge >= 0.3 is 0 Å². The highest BCUT2D eigenvalue weighted by Gasteiger charge is 2.18. The Morgan fingerprint density at radius 1 is 1.36 bits per heavy atom. The second kappa shape index (κ2) is 6.66. The highest BCUT2D eigenvalue weighted by molar-refractivity contribution is 4.72. The van der Waals surface area contributed by atoms with Crippen LogP contribution in [0.25, 0.3) is 0 Å². The average molecular weight is 159 g/mol. The summed E-state index contributed by atoms with van der Waals surface area (Å²) in [7, 11) is 0. The molecular formula is C10H25N. The molecule has 1 aliphatic heterocycles. The third kappa shape index (κ3) is 3.76. The zero-order valence-corrected chi connectivity index (χ0v) is 8.56. The molecule has 0 N–H and O–H groups in total. The third-order valence-corrected chi connectivity index (χ3v) is 2.39. The first-order valence-electron chi connectivity index (χ1n) is 5.09. The van der Waals surface area contributed by atoms with E-state index < -0.39 is 0 Å². The summed E-state index contributed by atoms with van der Waals surface area (Å²) in [5.41, 5.74) is 0. The van der Waals surface area contributed by atoms with E-state index in [4.69, 9.17) is 0 Å². The van der Waals surface area contributed by atoms with Gasteiger partial charge in [0.2, 0.25) is 0 Å². The standard InChI is InChI=1S/C8H17N.C2H6.H2/c1-3-8-5-6-9(4-2)7-8;1-2;/h8H,3-7H2,1-2H3;1-2H3;1H. The summed E-state index contributed by atoms with van der Waals surface area (Å²) in [4.78, 5) is 2.54. The van der Waals surface area contributed by atoms with Gasteiger partial charge in [-0.2, -0.15) is 0 Å². The molecule has 1 fully saturated rings. The van der Waals surface area contributed by atoms with E-state index in [1.54, 1.807) is 0 Å². The van der Waals surface area contributed by atoms with Crippen molar-refractivity contribution in [3.05, 3.63) is 0 Å². The molecule has 0 bridgehead atoms. The van der Waals surface area contributed by atoms with Gasteiger partial charge in [0.15, 0.2) is 0 Å². The van der Waals surface area contributed by atoms with E-state index in [1.165, 1.54) is 32.5 Å². The molecule has 1 heteroatoms. The van der Waals surface area contributed by atoms with Crippen LogP contribution in [-0.2, 0) is 0 Å². The summed E-state index contributed by atoms with van der Waals surface area (Å²) >= 11 is 0. The van der Waals surface area contributed by atoms with Crippen molar-refractivity contribution in [2.24, 2.45) is 5.92 Å². The molecule has 70 valence electrons. The molecule has 0 spiro atoms. The first kappa shape index (κ1) is 11.0. The summed E-state index contributed by atoms with van der Waals surface area (Å²) in [5, 5.41) is 0. The molecule has 1 unspecified atom stereocenters. The van der Waals surface area contributed by atoms with Crippen molar-refractivity contribution in [2.75, 3.05) is 19.6 Å². The van der Waals surface area contributed by atoms with Gasteiger partial charge < -0.3 is 4.90 Å². The highest BCUT2D eigenvalue weighted by atomic mass is 15.1. The molecule has 0 amide bonds. The molecule has 1 aliphatic rings. The summed E-state index contributed by atoms with van der Waals surface area (Å²) in [6.07, 6.45) is 2.81. The first-order chi connectivity index (χ1) is 5.36. The summed E-state index contributed by atoms with van der Waals surface area (Å²) in [6.45, 7) is 12.5. The number of rotatable bonds is 2. The Labute approximate surface area is 73.3 Å². The number of hydrogen-bond donors (Lipinski definition) is 0. The van der Waals surface area contributed by atoms with Crippen molar-refractivity contribution in [3.63, 3.8) is 0 Å². The molecule has 1 saturated heterocycles. The maximum absolute atomic E-state index is 2.54. The number of nitrogens with zero attached hydrogens (tertiary/aromatic N) is 1. The maximum atomic E-state index is 2.54. The summed E-state index contributed by atoms with van der Waals surface area (Å²) in [6, 6.07) is 0. The number of hydrogen-bond acceptors (Lipinski definition) is 1. The van der Waals surface area contributed by atoms with E-state index in [0.29, 0.717) is 0 Å². The predicted octanol–water partition coefficient (Wildman–Crippen LogP) is 3.01. The average Bonchev–Trinajstić information content (AvgIpc) is 2.55. The Kier molecular flexibility index (Phi) is 6.63. The number of likely N-dealkylation sites (tertiary alicyclic amines) is 1. The molecule has 11 heavy (non-hydrogen) atoms. The SMILES string of the molecule is CC.CCC1CCN(CC)C1.[HH]. The lowest BCUT2D eigenvalue weighted by Crippen LogP contribution is -2.19. The predicted molar refractivity (Wildman–Crippen MR) is 54.0 cm³/mol. The first-order valence-corrected chi connectivity index (χ1v) is 5.09. The molecule has 1 atom stereocenters. The Morgan fingerprint density at radius 3 is 2.27 bits per heavy atom. The minimum Gasteiger partial charge on any atom is -0.303 e. The smallest absolute Gasteiger partial charge is 0.000992 e. The van der Waals surface area contributed by atoms with E-state index in [-0.39, 0.29) is 1.43 Å². The van der Waals surface area contributed by atoms with Crippen LogP contribution in [0.1, 0.15) is 42.0 Å². The van der Waals surface area contributed by atoms with Gasteiger partial charge in [0, 0.05) is 7.97 Å². The molecule has 0 aromatic carbocycles. The molecule has 0 aliphatic carbocycles.